The molecule has 0 aliphatic heterocycles. The van der Waals surface area contributed by atoms with Crippen molar-refractivity contribution in [2.24, 2.45) is 5.92 Å². The van der Waals surface area contributed by atoms with Crippen molar-refractivity contribution in [2.45, 2.75) is 26.4 Å². The first-order valence-corrected chi connectivity index (χ1v) is 5.73. The third kappa shape index (κ3) is 4.51. The lowest BCUT2D eigenvalue weighted by Crippen LogP contribution is -2.22. The molecule has 0 bridgehead atoms. The normalized spacial score (nSPS) is 16.9. The second-order valence-electron chi connectivity index (χ2n) is 2.84. The maximum atomic E-state index is 10.8. The Morgan fingerprint density at radius 1 is 1.58 bits per heavy atom. The van der Waals surface area contributed by atoms with E-state index < -0.39 is 10.1 Å². The predicted molar refractivity (Wildman–Crippen MR) is 49.4 cm³/mol. The Morgan fingerprint density at radius 3 is 2.33 bits per heavy atom. The minimum Gasteiger partial charge on any atom is -0.266 e. The first-order valence-electron chi connectivity index (χ1n) is 3.91. The van der Waals surface area contributed by atoms with Crippen LogP contribution >= 0.6 is 0 Å². The molecule has 0 saturated heterocycles. The van der Waals surface area contributed by atoms with Gasteiger partial charge < -0.3 is 0 Å². The summed E-state index contributed by atoms with van der Waals surface area (Å²) in [5.74, 6) is 0.0599. The van der Waals surface area contributed by atoms with E-state index in [0.29, 0.717) is 6.42 Å². The van der Waals surface area contributed by atoms with Gasteiger partial charge in [0.1, 0.15) is 0 Å². The Labute approximate surface area is 74.6 Å². The van der Waals surface area contributed by atoms with Crippen LogP contribution in [0.15, 0.2) is 12.7 Å². The molecule has 2 atom stereocenters. The zero-order valence-electron chi connectivity index (χ0n) is 7.78. The van der Waals surface area contributed by atoms with E-state index in [1.165, 1.54) is 0 Å². The fourth-order valence-electron chi connectivity index (χ4n) is 0.904. The van der Waals surface area contributed by atoms with Crippen LogP contribution in [0, 0.1) is 5.92 Å². The Morgan fingerprint density at radius 2 is 2.08 bits per heavy atom. The molecule has 0 radical (unpaired) electrons. The van der Waals surface area contributed by atoms with Gasteiger partial charge in [0.05, 0.1) is 12.4 Å². The number of hydrogen-bond acceptors (Lipinski definition) is 3. The molecule has 0 amide bonds. The lowest BCUT2D eigenvalue weighted by molar-refractivity contribution is 0.169. The molecule has 3 nitrogen and oxygen atoms in total. The van der Waals surface area contributed by atoms with Gasteiger partial charge >= 0.3 is 0 Å². The second-order valence-corrected chi connectivity index (χ2v) is 4.44. The van der Waals surface area contributed by atoms with Crippen LogP contribution < -0.4 is 0 Å². The van der Waals surface area contributed by atoms with Gasteiger partial charge in [0, 0.05) is 5.92 Å². The Bertz CT molecular complexity index is 231. The molecule has 0 aromatic rings. The average molecular weight is 192 g/mol. The van der Waals surface area contributed by atoms with Crippen molar-refractivity contribution in [3.63, 3.8) is 0 Å². The first-order chi connectivity index (χ1) is 5.40. The summed E-state index contributed by atoms with van der Waals surface area (Å²) in [5, 5.41) is 0. The van der Waals surface area contributed by atoms with Crippen molar-refractivity contribution in [3.8, 4) is 0 Å². The van der Waals surface area contributed by atoms with Crippen LogP contribution in [0.5, 0.6) is 0 Å². The molecule has 12 heavy (non-hydrogen) atoms. The van der Waals surface area contributed by atoms with Gasteiger partial charge in [0.25, 0.3) is 10.1 Å². The maximum absolute atomic E-state index is 10.8. The summed E-state index contributed by atoms with van der Waals surface area (Å²) in [7, 11) is -3.34. The van der Waals surface area contributed by atoms with Crippen LogP contribution in [0.2, 0.25) is 0 Å². The SMILES string of the molecule is C=C[C@H](C)[C@@H](CC)OS(C)(=O)=O. The van der Waals surface area contributed by atoms with Crippen LogP contribution in [-0.2, 0) is 14.3 Å². The molecule has 0 aromatic carbocycles. The largest absolute Gasteiger partial charge is 0.266 e. The minimum atomic E-state index is -3.34. The Kier molecular flexibility index (Phi) is 4.49. The summed E-state index contributed by atoms with van der Waals surface area (Å²) in [5.41, 5.74) is 0. The zero-order chi connectivity index (χ0) is 9.78. The van der Waals surface area contributed by atoms with Crippen molar-refractivity contribution in [1.82, 2.24) is 0 Å². The molecule has 0 fully saturated rings. The summed E-state index contributed by atoms with van der Waals surface area (Å²) >= 11 is 0. The molecule has 0 N–H and O–H groups in total. The van der Waals surface area contributed by atoms with Crippen molar-refractivity contribution in [2.75, 3.05) is 6.26 Å². The summed E-state index contributed by atoms with van der Waals surface area (Å²) in [6.07, 6.45) is 3.14. The minimum absolute atomic E-state index is 0.0599. The lowest BCUT2D eigenvalue weighted by atomic mass is 10.0. The molecule has 0 aliphatic rings. The summed E-state index contributed by atoms with van der Waals surface area (Å²) < 4.78 is 26.4. The van der Waals surface area contributed by atoms with Crippen LogP contribution in [0.3, 0.4) is 0 Å². The van der Waals surface area contributed by atoms with Gasteiger partial charge in [-0.3, -0.25) is 4.18 Å². The number of hydrogen-bond donors (Lipinski definition) is 0. The smallest absolute Gasteiger partial charge is 0.264 e. The highest BCUT2D eigenvalue weighted by atomic mass is 32.2. The van der Waals surface area contributed by atoms with E-state index in [1.807, 2.05) is 13.8 Å². The second kappa shape index (κ2) is 4.62. The highest BCUT2D eigenvalue weighted by Gasteiger charge is 2.17. The van der Waals surface area contributed by atoms with E-state index in [1.54, 1.807) is 6.08 Å². The van der Waals surface area contributed by atoms with E-state index in [0.717, 1.165) is 6.26 Å². The zero-order valence-corrected chi connectivity index (χ0v) is 8.60. The molecule has 0 aliphatic carbocycles. The van der Waals surface area contributed by atoms with Gasteiger partial charge in [0.15, 0.2) is 0 Å². The predicted octanol–water partition coefficient (Wildman–Crippen LogP) is 1.56. The summed E-state index contributed by atoms with van der Waals surface area (Å²) in [6.45, 7) is 7.35. The standard InChI is InChI=1S/C8H16O3S/c1-5-7(3)8(6-2)11-12(4,9)10/h5,7-8H,1,6H2,2-4H3/t7-,8+/m0/s1. The van der Waals surface area contributed by atoms with Gasteiger partial charge in [-0.15, -0.1) is 6.58 Å². The van der Waals surface area contributed by atoms with Gasteiger partial charge in [0.2, 0.25) is 0 Å². The van der Waals surface area contributed by atoms with Crippen LogP contribution in [-0.4, -0.2) is 20.8 Å². The molecule has 4 heteroatoms. The van der Waals surface area contributed by atoms with Crippen molar-refractivity contribution in [1.29, 1.82) is 0 Å². The Hall–Kier alpha value is -0.350. The third-order valence-electron chi connectivity index (χ3n) is 1.66. The molecule has 0 unspecified atom stereocenters. The van der Waals surface area contributed by atoms with Gasteiger partial charge in [-0.1, -0.05) is 19.9 Å². The molecule has 0 rings (SSSR count). The average Bonchev–Trinajstić information content (AvgIpc) is 1.97. The van der Waals surface area contributed by atoms with Gasteiger partial charge in [-0.05, 0) is 6.42 Å². The highest BCUT2D eigenvalue weighted by Crippen LogP contribution is 2.13. The molecular formula is C8H16O3S. The van der Waals surface area contributed by atoms with Crippen LogP contribution in [0.1, 0.15) is 20.3 Å². The van der Waals surface area contributed by atoms with Gasteiger partial charge in [-0.25, -0.2) is 0 Å². The Balaban J connectivity index is 4.28. The number of rotatable bonds is 5. The van der Waals surface area contributed by atoms with Crippen molar-refractivity contribution in [3.05, 3.63) is 12.7 Å². The molecule has 0 spiro atoms. The first kappa shape index (κ1) is 11.6. The van der Waals surface area contributed by atoms with E-state index in [4.69, 9.17) is 4.18 Å². The van der Waals surface area contributed by atoms with Gasteiger partial charge in [-0.2, -0.15) is 8.42 Å². The highest BCUT2D eigenvalue weighted by molar-refractivity contribution is 7.86. The molecule has 72 valence electrons. The van der Waals surface area contributed by atoms with E-state index in [9.17, 15) is 8.42 Å². The summed E-state index contributed by atoms with van der Waals surface area (Å²) in [4.78, 5) is 0. The molecule has 0 aromatic heterocycles. The monoisotopic (exact) mass is 192 g/mol. The third-order valence-corrected chi connectivity index (χ3v) is 2.26. The van der Waals surface area contributed by atoms with Crippen molar-refractivity contribution >= 4 is 10.1 Å². The fraction of sp³-hybridized carbons (Fsp3) is 0.750. The van der Waals surface area contributed by atoms with E-state index in [2.05, 4.69) is 6.58 Å². The van der Waals surface area contributed by atoms with E-state index in [-0.39, 0.29) is 12.0 Å². The van der Waals surface area contributed by atoms with Crippen LogP contribution in [0.25, 0.3) is 0 Å². The fourth-order valence-corrected chi connectivity index (χ4v) is 1.66. The maximum Gasteiger partial charge on any atom is 0.264 e. The topological polar surface area (TPSA) is 43.4 Å². The molecular weight excluding hydrogens is 176 g/mol. The van der Waals surface area contributed by atoms with Crippen molar-refractivity contribution < 1.29 is 12.6 Å². The quantitative estimate of drug-likeness (QED) is 0.490. The van der Waals surface area contributed by atoms with E-state index >= 15 is 0 Å². The molecule has 0 saturated carbocycles. The lowest BCUT2D eigenvalue weighted by Gasteiger charge is -2.18. The summed E-state index contributed by atoms with van der Waals surface area (Å²) in [6, 6.07) is 0. The molecule has 0 heterocycles. The van der Waals surface area contributed by atoms with Crippen LogP contribution in [0.4, 0.5) is 0 Å².